The fourth-order valence-corrected chi connectivity index (χ4v) is 1.49. The van der Waals surface area contributed by atoms with E-state index >= 15 is 0 Å². The van der Waals surface area contributed by atoms with Crippen molar-refractivity contribution in [1.29, 1.82) is 0 Å². The Morgan fingerprint density at radius 1 is 1.11 bits per heavy atom. The van der Waals surface area contributed by atoms with Gasteiger partial charge < -0.3 is 10.6 Å². The highest BCUT2D eigenvalue weighted by atomic mass is 19.4. The normalized spacial score (nSPS) is 11.8. The average Bonchev–Trinajstić information content (AvgIpc) is 2.29. The molecule has 0 saturated heterocycles. The molecule has 0 radical (unpaired) electrons. The third kappa shape index (κ3) is 4.57. The van der Waals surface area contributed by atoms with Crippen LogP contribution in [0.15, 0.2) is 0 Å². The molecule has 0 unspecified atom stereocenters. The van der Waals surface area contributed by atoms with Gasteiger partial charge in [0.05, 0.1) is 0 Å². The zero-order valence-corrected chi connectivity index (χ0v) is 11.5. The predicted molar refractivity (Wildman–Crippen MR) is 69.6 cm³/mol. The SMILES string of the molecule is CCNc1nc(C(C)C)nc(NCC(F)(F)F)c1C. The molecule has 0 aliphatic heterocycles. The lowest BCUT2D eigenvalue weighted by atomic mass is 10.2. The van der Waals surface area contributed by atoms with Crippen LogP contribution < -0.4 is 10.6 Å². The van der Waals surface area contributed by atoms with Gasteiger partial charge in [-0.15, -0.1) is 0 Å². The zero-order valence-electron chi connectivity index (χ0n) is 11.5. The number of halogens is 3. The monoisotopic (exact) mass is 276 g/mol. The molecular weight excluding hydrogens is 257 g/mol. The number of rotatable bonds is 5. The van der Waals surface area contributed by atoms with Crippen molar-refractivity contribution in [2.75, 3.05) is 23.7 Å². The fraction of sp³-hybridized carbons (Fsp3) is 0.667. The van der Waals surface area contributed by atoms with Gasteiger partial charge in [-0.25, -0.2) is 9.97 Å². The van der Waals surface area contributed by atoms with Crippen LogP contribution in [0, 0.1) is 6.92 Å². The molecule has 19 heavy (non-hydrogen) atoms. The van der Waals surface area contributed by atoms with Crippen LogP contribution in [0.3, 0.4) is 0 Å². The van der Waals surface area contributed by atoms with Crippen LogP contribution in [0.2, 0.25) is 0 Å². The summed E-state index contributed by atoms with van der Waals surface area (Å²) in [5.41, 5.74) is 0.593. The van der Waals surface area contributed by atoms with Gasteiger partial charge in [0.2, 0.25) is 0 Å². The Balaban J connectivity index is 3.07. The highest BCUT2D eigenvalue weighted by Crippen LogP contribution is 2.24. The molecule has 1 heterocycles. The second-order valence-electron chi connectivity index (χ2n) is 4.56. The van der Waals surface area contributed by atoms with Gasteiger partial charge in [-0.3, -0.25) is 0 Å². The molecular formula is C12H19F3N4. The first kappa shape index (κ1) is 15.5. The molecule has 0 aliphatic carbocycles. The second-order valence-corrected chi connectivity index (χ2v) is 4.56. The van der Waals surface area contributed by atoms with E-state index in [9.17, 15) is 13.2 Å². The first-order valence-electron chi connectivity index (χ1n) is 6.17. The maximum absolute atomic E-state index is 12.3. The lowest BCUT2D eigenvalue weighted by Crippen LogP contribution is -2.23. The highest BCUT2D eigenvalue weighted by Gasteiger charge is 2.27. The minimum Gasteiger partial charge on any atom is -0.370 e. The van der Waals surface area contributed by atoms with Crippen LogP contribution >= 0.6 is 0 Å². The molecule has 4 nitrogen and oxygen atoms in total. The minimum atomic E-state index is -4.27. The Morgan fingerprint density at radius 3 is 2.05 bits per heavy atom. The van der Waals surface area contributed by atoms with Crippen LogP contribution in [-0.4, -0.2) is 29.2 Å². The maximum Gasteiger partial charge on any atom is 0.405 e. The maximum atomic E-state index is 12.3. The summed E-state index contributed by atoms with van der Waals surface area (Å²) in [4.78, 5) is 8.48. The van der Waals surface area contributed by atoms with Crippen molar-refractivity contribution in [2.45, 2.75) is 39.8 Å². The van der Waals surface area contributed by atoms with Gasteiger partial charge in [0.25, 0.3) is 0 Å². The molecule has 7 heteroatoms. The van der Waals surface area contributed by atoms with Gasteiger partial charge in [-0.2, -0.15) is 13.2 Å². The zero-order chi connectivity index (χ0) is 14.6. The van der Waals surface area contributed by atoms with Crippen molar-refractivity contribution in [1.82, 2.24) is 9.97 Å². The molecule has 0 atom stereocenters. The summed E-state index contributed by atoms with van der Waals surface area (Å²) in [6, 6.07) is 0. The van der Waals surface area contributed by atoms with E-state index in [1.54, 1.807) is 6.92 Å². The van der Waals surface area contributed by atoms with Gasteiger partial charge in [0.15, 0.2) is 0 Å². The van der Waals surface area contributed by atoms with E-state index in [1.165, 1.54) is 0 Å². The topological polar surface area (TPSA) is 49.8 Å². The van der Waals surface area contributed by atoms with E-state index in [0.29, 0.717) is 23.8 Å². The van der Waals surface area contributed by atoms with Crippen LogP contribution in [0.4, 0.5) is 24.8 Å². The number of hydrogen-bond acceptors (Lipinski definition) is 4. The summed E-state index contributed by atoms with van der Waals surface area (Å²) in [6.07, 6.45) is -4.27. The summed E-state index contributed by atoms with van der Waals surface area (Å²) in [7, 11) is 0. The van der Waals surface area contributed by atoms with Gasteiger partial charge in [0, 0.05) is 18.0 Å². The molecule has 108 valence electrons. The molecule has 1 aromatic rings. The molecule has 1 rings (SSSR count). The van der Waals surface area contributed by atoms with Crippen molar-refractivity contribution in [3.63, 3.8) is 0 Å². The number of anilines is 2. The summed E-state index contributed by atoms with van der Waals surface area (Å²) in [6.45, 7) is 6.93. The third-order valence-electron chi connectivity index (χ3n) is 2.48. The Hall–Kier alpha value is -1.53. The van der Waals surface area contributed by atoms with Crippen molar-refractivity contribution >= 4 is 11.6 Å². The van der Waals surface area contributed by atoms with Crippen molar-refractivity contribution in [2.24, 2.45) is 0 Å². The standard InChI is InChI=1S/C12H19F3N4/c1-5-16-10-8(4)11(17-6-12(13,14)15)19-9(18-10)7(2)3/h7H,5-6H2,1-4H3,(H2,16,17,18,19). The third-order valence-corrected chi connectivity index (χ3v) is 2.48. The highest BCUT2D eigenvalue weighted by molar-refractivity contribution is 5.57. The Labute approximate surface area is 110 Å². The molecule has 0 amide bonds. The van der Waals surface area contributed by atoms with E-state index in [2.05, 4.69) is 20.6 Å². The van der Waals surface area contributed by atoms with Gasteiger partial charge in [0.1, 0.15) is 24.0 Å². The largest absolute Gasteiger partial charge is 0.405 e. The number of alkyl halides is 3. The van der Waals surface area contributed by atoms with E-state index in [0.717, 1.165) is 0 Å². The second kappa shape index (κ2) is 6.08. The lowest BCUT2D eigenvalue weighted by molar-refractivity contribution is -0.115. The van der Waals surface area contributed by atoms with E-state index in [4.69, 9.17) is 0 Å². The van der Waals surface area contributed by atoms with Gasteiger partial charge >= 0.3 is 6.18 Å². The van der Waals surface area contributed by atoms with E-state index in [-0.39, 0.29) is 11.7 Å². The first-order valence-corrected chi connectivity index (χ1v) is 6.17. The number of nitrogens with zero attached hydrogens (tertiary/aromatic N) is 2. The summed E-state index contributed by atoms with van der Waals surface area (Å²) >= 11 is 0. The number of nitrogens with one attached hydrogen (secondary N) is 2. The quantitative estimate of drug-likeness (QED) is 0.866. The van der Waals surface area contributed by atoms with Crippen molar-refractivity contribution in [3.8, 4) is 0 Å². The Bertz CT molecular complexity index is 430. The summed E-state index contributed by atoms with van der Waals surface area (Å²) in [5, 5.41) is 5.37. The van der Waals surface area contributed by atoms with Crippen molar-refractivity contribution in [3.05, 3.63) is 11.4 Å². The molecule has 0 saturated carbocycles. The molecule has 1 aromatic heterocycles. The molecule has 0 spiro atoms. The molecule has 0 bridgehead atoms. The Kier molecular flexibility index (Phi) is 4.97. The first-order chi connectivity index (χ1) is 8.74. The number of hydrogen-bond donors (Lipinski definition) is 2. The van der Waals surface area contributed by atoms with Crippen LogP contribution in [0.5, 0.6) is 0 Å². The lowest BCUT2D eigenvalue weighted by Gasteiger charge is -2.16. The predicted octanol–water partition coefficient (Wildman–Crippen LogP) is 3.31. The Morgan fingerprint density at radius 2 is 1.63 bits per heavy atom. The smallest absolute Gasteiger partial charge is 0.370 e. The van der Waals surface area contributed by atoms with Crippen LogP contribution in [0.1, 0.15) is 38.1 Å². The fourth-order valence-electron chi connectivity index (χ4n) is 1.49. The van der Waals surface area contributed by atoms with Crippen LogP contribution in [0.25, 0.3) is 0 Å². The number of aromatic nitrogens is 2. The molecule has 0 aromatic carbocycles. The summed E-state index contributed by atoms with van der Waals surface area (Å²) in [5.74, 6) is 1.37. The van der Waals surface area contributed by atoms with Gasteiger partial charge in [-0.05, 0) is 13.8 Å². The van der Waals surface area contributed by atoms with Crippen molar-refractivity contribution < 1.29 is 13.2 Å². The molecule has 0 aliphatic rings. The minimum absolute atomic E-state index is 0.0458. The van der Waals surface area contributed by atoms with E-state index in [1.807, 2.05) is 20.8 Å². The van der Waals surface area contributed by atoms with Gasteiger partial charge in [-0.1, -0.05) is 13.8 Å². The average molecular weight is 276 g/mol. The molecule has 0 fully saturated rings. The molecule has 2 N–H and O–H groups in total. The van der Waals surface area contributed by atoms with E-state index < -0.39 is 12.7 Å². The summed E-state index contributed by atoms with van der Waals surface area (Å²) < 4.78 is 36.8. The van der Waals surface area contributed by atoms with Crippen LogP contribution in [-0.2, 0) is 0 Å².